The first-order chi connectivity index (χ1) is 9.19. The summed E-state index contributed by atoms with van der Waals surface area (Å²) in [7, 11) is 1.67. The molecule has 1 aliphatic heterocycles. The minimum atomic E-state index is -0.203. The van der Waals surface area contributed by atoms with Gasteiger partial charge < -0.3 is 14.5 Å². The summed E-state index contributed by atoms with van der Waals surface area (Å²) in [5.74, 6) is 0.439. The minimum Gasteiger partial charge on any atom is -0.453 e. The van der Waals surface area contributed by atoms with Gasteiger partial charge in [0.05, 0.1) is 12.1 Å². The van der Waals surface area contributed by atoms with Crippen LogP contribution in [0.3, 0.4) is 0 Å². The van der Waals surface area contributed by atoms with Gasteiger partial charge in [0.25, 0.3) is 0 Å². The number of hydrogen-bond donors (Lipinski definition) is 1. The third-order valence-corrected chi connectivity index (χ3v) is 3.72. The zero-order chi connectivity index (χ0) is 13.4. The maximum atomic E-state index is 12.4. The van der Waals surface area contributed by atoms with Crippen molar-refractivity contribution in [2.24, 2.45) is 0 Å². The second-order valence-electron chi connectivity index (χ2n) is 5.02. The number of benzene rings is 1. The predicted molar refractivity (Wildman–Crippen MR) is 72.5 cm³/mol. The van der Waals surface area contributed by atoms with E-state index in [4.69, 9.17) is 9.15 Å². The van der Waals surface area contributed by atoms with Gasteiger partial charge in [-0.2, -0.15) is 0 Å². The SMILES string of the molecule is COC1CNC(C(=O)c2cc3cccc(C)c3o2)C1. The zero-order valence-electron chi connectivity index (χ0n) is 11.1. The summed E-state index contributed by atoms with van der Waals surface area (Å²) in [6.07, 6.45) is 0.811. The van der Waals surface area contributed by atoms with Crippen LogP contribution >= 0.6 is 0 Å². The highest BCUT2D eigenvalue weighted by Crippen LogP contribution is 2.24. The summed E-state index contributed by atoms with van der Waals surface area (Å²) in [6, 6.07) is 7.53. The van der Waals surface area contributed by atoms with Crippen LogP contribution in [0.15, 0.2) is 28.7 Å². The predicted octanol–water partition coefficient (Wildman–Crippen LogP) is 2.30. The largest absolute Gasteiger partial charge is 0.453 e. The molecule has 1 fully saturated rings. The first-order valence-corrected chi connectivity index (χ1v) is 6.48. The van der Waals surface area contributed by atoms with Crippen molar-refractivity contribution in [1.29, 1.82) is 0 Å². The number of carbonyl (C=O) groups excluding carboxylic acids is 1. The monoisotopic (exact) mass is 259 g/mol. The van der Waals surface area contributed by atoms with Gasteiger partial charge in [0, 0.05) is 19.0 Å². The van der Waals surface area contributed by atoms with Crippen molar-refractivity contribution in [2.45, 2.75) is 25.5 Å². The van der Waals surface area contributed by atoms with Crippen molar-refractivity contribution in [3.63, 3.8) is 0 Å². The molecule has 3 rings (SSSR count). The Morgan fingerprint density at radius 3 is 3.00 bits per heavy atom. The van der Waals surface area contributed by atoms with Crippen LogP contribution in [-0.4, -0.2) is 31.6 Å². The average molecular weight is 259 g/mol. The van der Waals surface area contributed by atoms with Crippen molar-refractivity contribution >= 4 is 16.8 Å². The van der Waals surface area contributed by atoms with E-state index >= 15 is 0 Å². The molecule has 0 spiro atoms. The fourth-order valence-corrected chi connectivity index (χ4v) is 2.58. The fourth-order valence-electron chi connectivity index (χ4n) is 2.58. The quantitative estimate of drug-likeness (QED) is 0.859. The average Bonchev–Trinajstić information content (AvgIpc) is 3.05. The summed E-state index contributed by atoms with van der Waals surface area (Å²) < 4.78 is 11.0. The van der Waals surface area contributed by atoms with Gasteiger partial charge in [-0.1, -0.05) is 18.2 Å². The van der Waals surface area contributed by atoms with Gasteiger partial charge in [-0.3, -0.25) is 4.79 Å². The van der Waals surface area contributed by atoms with Crippen LogP contribution in [0.25, 0.3) is 11.0 Å². The zero-order valence-corrected chi connectivity index (χ0v) is 11.1. The molecule has 2 aromatic rings. The Morgan fingerprint density at radius 1 is 1.47 bits per heavy atom. The van der Waals surface area contributed by atoms with E-state index in [1.807, 2.05) is 31.2 Å². The number of aryl methyl sites for hydroxylation is 1. The lowest BCUT2D eigenvalue weighted by molar-refractivity contribution is 0.0895. The third kappa shape index (κ3) is 2.17. The van der Waals surface area contributed by atoms with E-state index in [-0.39, 0.29) is 17.9 Å². The first kappa shape index (κ1) is 12.4. The Bertz CT molecular complexity index is 617. The van der Waals surface area contributed by atoms with Crippen LogP contribution in [-0.2, 0) is 4.74 Å². The second kappa shape index (κ2) is 4.79. The second-order valence-corrected chi connectivity index (χ2v) is 5.02. The molecule has 1 N–H and O–H groups in total. The van der Waals surface area contributed by atoms with Gasteiger partial charge in [0.1, 0.15) is 5.58 Å². The number of para-hydroxylation sites is 1. The van der Waals surface area contributed by atoms with E-state index in [2.05, 4.69) is 5.32 Å². The molecule has 4 nitrogen and oxygen atoms in total. The summed E-state index contributed by atoms with van der Waals surface area (Å²) in [5, 5.41) is 4.16. The molecule has 1 saturated heterocycles. The third-order valence-electron chi connectivity index (χ3n) is 3.72. The lowest BCUT2D eigenvalue weighted by Crippen LogP contribution is -2.30. The lowest BCUT2D eigenvalue weighted by atomic mass is 10.1. The Balaban J connectivity index is 1.88. The van der Waals surface area contributed by atoms with Crippen LogP contribution in [0.5, 0.6) is 0 Å². The lowest BCUT2D eigenvalue weighted by Gasteiger charge is -2.06. The molecule has 1 aliphatic rings. The highest BCUT2D eigenvalue weighted by Gasteiger charge is 2.31. The number of carbonyl (C=O) groups is 1. The van der Waals surface area contributed by atoms with Crippen LogP contribution in [0.2, 0.25) is 0 Å². The maximum absolute atomic E-state index is 12.4. The Labute approximate surface area is 111 Å². The van der Waals surface area contributed by atoms with Gasteiger partial charge in [-0.25, -0.2) is 0 Å². The number of fused-ring (bicyclic) bond motifs is 1. The van der Waals surface area contributed by atoms with Crippen molar-refractivity contribution < 1.29 is 13.9 Å². The van der Waals surface area contributed by atoms with Crippen LogP contribution < -0.4 is 5.32 Å². The molecule has 19 heavy (non-hydrogen) atoms. The molecule has 100 valence electrons. The molecule has 1 aromatic carbocycles. The van der Waals surface area contributed by atoms with E-state index in [1.165, 1.54) is 0 Å². The van der Waals surface area contributed by atoms with E-state index in [9.17, 15) is 4.79 Å². The summed E-state index contributed by atoms with van der Waals surface area (Å²) in [4.78, 5) is 12.4. The number of Topliss-reactive ketones (excluding diaryl/α,β-unsaturated/α-hetero) is 1. The Hall–Kier alpha value is -1.65. The van der Waals surface area contributed by atoms with E-state index in [0.29, 0.717) is 18.7 Å². The van der Waals surface area contributed by atoms with E-state index in [1.54, 1.807) is 7.11 Å². The molecule has 0 bridgehead atoms. The van der Waals surface area contributed by atoms with E-state index in [0.717, 1.165) is 16.5 Å². The summed E-state index contributed by atoms with van der Waals surface area (Å²) >= 11 is 0. The molecule has 2 unspecified atom stereocenters. The number of hydrogen-bond acceptors (Lipinski definition) is 4. The molecule has 1 aromatic heterocycles. The van der Waals surface area contributed by atoms with Crippen molar-refractivity contribution in [2.75, 3.05) is 13.7 Å². The number of methoxy groups -OCH3 is 1. The molecular weight excluding hydrogens is 242 g/mol. The van der Waals surface area contributed by atoms with E-state index < -0.39 is 0 Å². The highest BCUT2D eigenvalue weighted by molar-refractivity contribution is 6.01. The summed E-state index contributed by atoms with van der Waals surface area (Å²) in [6.45, 7) is 2.70. The minimum absolute atomic E-state index is 0.00940. The Morgan fingerprint density at radius 2 is 2.32 bits per heavy atom. The van der Waals surface area contributed by atoms with Crippen LogP contribution in [0.1, 0.15) is 22.5 Å². The van der Waals surface area contributed by atoms with Gasteiger partial charge in [0.15, 0.2) is 5.76 Å². The Kier molecular flexibility index (Phi) is 3.12. The van der Waals surface area contributed by atoms with Gasteiger partial charge in [-0.05, 0) is 25.0 Å². The molecule has 0 amide bonds. The molecule has 0 radical (unpaired) electrons. The van der Waals surface area contributed by atoms with Gasteiger partial charge in [0.2, 0.25) is 5.78 Å². The molecule has 0 saturated carbocycles. The maximum Gasteiger partial charge on any atom is 0.214 e. The van der Waals surface area contributed by atoms with Crippen LogP contribution in [0.4, 0.5) is 0 Å². The molecule has 2 atom stereocenters. The number of ether oxygens (including phenoxy) is 1. The molecule has 4 heteroatoms. The normalized spacial score (nSPS) is 23.1. The number of ketones is 1. The number of rotatable bonds is 3. The first-order valence-electron chi connectivity index (χ1n) is 6.48. The smallest absolute Gasteiger partial charge is 0.214 e. The number of nitrogens with one attached hydrogen (secondary N) is 1. The summed E-state index contributed by atoms with van der Waals surface area (Å²) in [5.41, 5.74) is 1.85. The molecule has 2 heterocycles. The molecular formula is C15H17NO3. The standard InChI is InChI=1S/C15H17NO3/c1-9-4-3-5-10-6-13(19-15(9)10)14(17)12-7-11(18-2)8-16-12/h3-6,11-12,16H,7-8H2,1-2H3. The number of furan rings is 1. The molecule has 0 aliphatic carbocycles. The van der Waals surface area contributed by atoms with Crippen molar-refractivity contribution in [1.82, 2.24) is 5.32 Å². The van der Waals surface area contributed by atoms with Crippen molar-refractivity contribution in [3.05, 3.63) is 35.6 Å². The van der Waals surface area contributed by atoms with Crippen molar-refractivity contribution in [3.8, 4) is 0 Å². The van der Waals surface area contributed by atoms with Crippen LogP contribution in [0, 0.1) is 6.92 Å². The van der Waals surface area contributed by atoms with Gasteiger partial charge in [-0.15, -0.1) is 0 Å². The highest BCUT2D eigenvalue weighted by atomic mass is 16.5. The van der Waals surface area contributed by atoms with Gasteiger partial charge >= 0.3 is 0 Å². The topological polar surface area (TPSA) is 51.5 Å². The fraction of sp³-hybridized carbons (Fsp3) is 0.400.